The first-order valence-electron chi connectivity index (χ1n) is 8.54. The third-order valence-corrected chi connectivity index (χ3v) is 4.32. The van der Waals surface area contributed by atoms with Gasteiger partial charge in [-0.15, -0.1) is 0 Å². The summed E-state index contributed by atoms with van der Waals surface area (Å²) >= 11 is 0. The average molecular weight is 376 g/mol. The average Bonchev–Trinajstić information content (AvgIpc) is 3.17. The van der Waals surface area contributed by atoms with E-state index in [4.69, 9.17) is 0 Å². The lowest BCUT2D eigenvalue weighted by Crippen LogP contribution is -2.13. The van der Waals surface area contributed by atoms with Crippen LogP contribution in [-0.2, 0) is 0 Å². The Morgan fingerprint density at radius 1 is 1.11 bits per heavy atom. The molecule has 9 nitrogen and oxygen atoms in total. The summed E-state index contributed by atoms with van der Waals surface area (Å²) < 4.78 is 1.72. The highest BCUT2D eigenvalue weighted by Crippen LogP contribution is 2.23. The van der Waals surface area contributed by atoms with E-state index in [1.54, 1.807) is 10.9 Å². The molecule has 0 bridgehead atoms. The fourth-order valence-corrected chi connectivity index (χ4v) is 2.87. The molecule has 28 heavy (non-hydrogen) atoms. The monoisotopic (exact) mass is 376 g/mol. The molecule has 2 heterocycles. The van der Waals surface area contributed by atoms with Crippen LogP contribution in [0.1, 0.15) is 11.7 Å². The van der Waals surface area contributed by atoms with Gasteiger partial charge in [0.15, 0.2) is 5.65 Å². The number of aliphatic hydroxyl groups excluding tert-OH is 1. The summed E-state index contributed by atoms with van der Waals surface area (Å²) in [4.78, 5) is 18.8. The quantitative estimate of drug-likeness (QED) is 0.392. The van der Waals surface area contributed by atoms with Gasteiger partial charge in [0.25, 0.3) is 5.69 Å². The lowest BCUT2D eigenvalue weighted by molar-refractivity contribution is -0.384. The van der Waals surface area contributed by atoms with Gasteiger partial charge < -0.3 is 10.4 Å². The normalized spacial score (nSPS) is 12.0. The molecule has 4 aromatic rings. The van der Waals surface area contributed by atoms with E-state index in [0.29, 0.717) is 17.0 Å². The van der Waals surface area contributed by atoms with Gasteiger partial charge in [-0.25, -0.2) is 14.6 Å². The van der Waals surface area contributed by atoms with Gasteiger partial charge in [-0.05, 0) is 29.8 Å². The number of non-ortho nitro benzene ring substituents is 1. The van der Waals surface area contributed by atoms with E-state index in [2.05, 4.69) is 20.4 Å². The predicted molar refractivity (Wildman–Crippen MR) is 103 cm³/mol. The fourth-order valence-electron chi connectivity index (χ4n) is 2.87. The van der Waals surface area contributed by atoms with E-state index in [9.17, 15) is 15.2 Å². The molecule has 9 heteroatoms. The Kier molecular flexibility index (Phi) is 4.65. The van der Waals surface area contributed by atoms with Gasteiger partial charge in [0.05, 0.1) is 28.3 Å². The molecule has 0 amide bonds. The Morgan fingerprint density at radius 2 is 1.86 bits per heavy atom. The molecular weight excluding hydrogens is 360 g/mol. The minimum Gasteiger partial charge on any atom is -0.387 e. The van der Waals surface area contributed by atoms with Crippen LogP contribution in [-0.4, -0.2) is 36.3 Å². The summed E-state index contributed by atoms with van der Waals surface area (Å²) in [6.07, 6.45) is 2.25. The van der Waals surface area contributed by atoms with Crippen LogP contribution in [0.15, 0.2) is 67.1 Å². The molecule has 0 saturated carbocycles. The Balaban J connectivity index is 1.53. The summed E-state index contributed by atoms with van der Waals surface area (Å²) in [5, 5.41) is 29.3. The fraction of sp³-hybridized carbons (Fsp3) is 0.105. The van der Waals surface area contributed by atoms with Crippen molar-refractivity contribution >= 4 is 22.5 Å². The van der Waals surface area contributed by atoms with Crippen LogP contribution in [0.4, 0.5) is 11.5 Å². The number of benzene rings is 2. The van der Waals surface area contributed by atoms with Gasteiger partial charge >= 0.3 is 0 Å². The van der Waals surface area contributed by atoms with Crippen LogP contribution in [0, 0.1) is 10.1 Å². The maximum absolute atomic E-state index is 10.7. The van der Waals surface area contributed by atoms with Gasteiger partial charge in [-0.2, -0.15) is 5.10 Å². The standard InChI is InChI=1S/C19H16N6O3/c26-17(13-6-8-15(9-7-13)25(27)28)11-20-18-16-10-23-24(19(16)22-12-21-18)14-4-2-1-3-5-14/h1-10,12,17,26H,11H2,(H,20,21,22)/t17-/m1/s1. The zero-order chi connectivity index (χ0) is 19.5. The van der Waals surface area contributed by atoms with Gasteiger partial charge in [-0.1, -0.05) is 18.2 Å². The second kappa shape index (κ2) is 7.41. The maximum atomic E-state index is 10.7. The van der Waals surface area contributed by atoms with Gasteiger partial charge in [0.2, 0.25) is 0 Å². The van der Waals surface area contributed by atoms with Crippen LogP contribution < -0.4 is 5.32 Å². The van der Waals surface area contributed by atoms with Crippen molar-refractivity contribution in [2.24, 2.45) is 0 Å². The second-order valence-electron chi connectivity index (χ2n) is 6.10. The first kappa shape index (κ1) is 17.6. The molecule has 140 valence electrons. The van der Waals surface area contributed by atoms with Gasteiger partial charge in [-0.3, -0.25) is 10.1 Å². The molecule has 4 rings (SSSR count). The molecule has 0 aliphatic rings. The van der Waals surface area contributed by atoms with E-state index >= 15 is 0 Å². The first-order valence-corrected chi connectivity index (χ1v) is 8.54. The molecule has 0 radical (unpaired) electrons. The number of nitrogens with one attached hydrogen (secondary N) is 1. The third kappa shape index (κ3) is 3.38. The Bertz CT molecular complexity index is 1110. The van der Waals surface area contributed by atoms with E-state index in [1.165, 1.54) is 30.6 Å². The molecule has 0 unspecified atom stereocenters. The number of aromatic nitrogens is 4. The summed E-state index contributed by atoms with van der Waals surface area (Å²) in [5.41, 5.74) is 2.08. The largest absolute Gasteiger partial charge is 0.387 e. The first-order chi connectivity index (χ1) is 13.6. The maximum Gasteiger partial charge on any atom is 0.269 e. The summed E-state index contributed by atoms with van der Waals surface area (Å²) in [5.74, 6) is 0.549. The molecule has 0 aliphatic carbocycles. The van der Waals surface area contributed by atoms with Gasteiger partial charge in [0.1, 0.15) is 12.1 Å². The summed E-state index contributed by atoms with van der Waals surface area (Å²) in [6.45, 7) is 0.181. The highest BCUT2D eigenvalue weighted by Gasteiger charge is 2.14. The van der Waals surface area contributed by atoms with E-state index in [1.807, 2.05) is 30.3 Å². The van der Waals surface area contributed by atoms with Crippen LogP contribution in [0.25, 0.3) is 16.7 Å². The minimum atomic E-state index is -0.852. The predicted octanol–water partition coefficient (Wildman–Crippen LogP) is 2.87. The van der Waals surface area contributed by atoms with E-state index < -0.39 is 11.0 Å². The number of hydrogen-bond acceptors (Lipinski definition) is 7. The number of para-hydroxylation sites is 1. The molecule has 2 aromatic carbocycles. The van der Waals surface area contributed by atoms with Crippen molar-refractivity contribution in [3.8, 4) is 5.69 Å². The van der Waals surface area contributed by atoms with Crippen LogP contribution in [0.3, 0.4) is 0 Å². The molecule has 0 saturated heterocycles. The highest BCUT2D eigenvalue weighted by molar-refractivity contribution is 5.87. The van der Waals surface area contributed by atoms with Crippen molar-refractivity contribution in [1.29, 1.82) is 0 Å². The third-order valence-electron chi connectivity index (χ3n) is 4.32. The number of nitrogens with zero attached hydrogens (tertiary/aromatic N) is 5. The number of nitro groups is 1. The summed E-state index contributed by atoms with van der Waals surface area (Å²) in [6, 6.07) is 15.4. The zero-order valence-corrected chi connectivity index (χ0v) is 14.6. The van der Waals surface area contributed by atoms with Crippen molar-refractivity contribution in [3.05, 3.63) is 82.8 Å². The second-order valence-corrected chi connectivity index (χ2v) is 6.10. The topological polar surface area (TPSA) is 119 Å². The number of rotatable bonds is 6. The van der Waals surface area contributed by atoms with Crippen molar-refractivity contribution in [3.63, 3.8) is 0 Å². The lowest BCUT2D eigenvalue weighted by Gasteiger charge is -2.13. The smallest absolute Gasteiger partial charge is 0.269 e. The molecule has 0 spiro atoms. The highest BCUT2D eigenvalue weighted by atomic mass is 16.6. The Morgan fingerprint density at radius 3 is 2.57 bits per heavy atom. The Hall–Kier alpha value is -3.85. The number of nitro benzene ring substituents is 1. The SMILES string of the molecule is O=[N+]([O-])c1ccc([C@H](O)CNc2ncnc3c2cnn3-c2ccccc2)cc1. The van der Waals surface area contributed by atoms with Crippen molar-refractivity contribution in [2.75, 3.05) is 11.9 Å². The number of aliphatic hydroxyl groups is 1. The number of anilines is 1. The van der Waals surface area contributed by atoms with Crippen LogP contribution in [0.5, 0.6) is 0 Å². The molecule has 0 fully saturated rings. The summed E-state index contributed by atoms with van der Waals surface area (Å²) in [7, 11) is 0. The molecular formula is C19H16N6O3. The van der Waals surface area contributed by atoms with Crippen molar-refractivity contribution in [2.45, 2.75) is 6.10 Å². The van der Waals surface area contributed by atoms with Crippen LogP contribution >= 0.6 is 0 Å². The molecule has 2 aromatic heterocycles. The molecule has 2 N–H and O–H groups in total. The van der Waals surface area contributed by atoms with Gasteiger partial charge in [0, 0.05) is 18.7 Å². The van der Waals surface area contributed by atoms with Crippen LogP contribution in [0.2, 0.25) is 0 Å². The number of fused-ring (bicyclic) bond motifs is 1. The molecule has 1 atom stereocenters. The lowest BCUT2D eigenvalue weighted by atomic mass is 10.1. The number of hydrogen-bond donors (Lipinski definition) is 2. The van der Waals surface area contributed by atoms with E-state index in [0.717, 1.165) is 11.1 Å². The minimum absolute atomic E-state index is 0.0188. The van der Waals surface area contributed by atoms with Crippen molar-refractivity contribution < 1.29 is 10.0 Å². The van der Waals surface area contributed by atoms with E-state index in [-0.39, 0.29) is 12.2 Å². The zero-order valence-electron chi connectivity index (χ0n) is 14.6. The Labute approximate surface area is 159 Å². The molecule has 0 aliphatic heterocycles. The van der Waals surface area contributed by atoms with Crippen molar-refractivity contribution in [1.82, 2.24) is 19.7 Å².